The summed E-state index contributed by atoms with van der Waals surface area (Å²) in [5.74, 6) is -1.21. The monoisotopic (exact) mass is 360 g/mol. The fourth-order valence-corrected chi connectivity index (χ4v) is 3.84. The third kappa shape index (κ3) is 4.24. The van der Waals surface area contributed by atoms with Gasteiger partial charge >= 0.3 is 5.97 Å². The number of carbonyl (C=O) groups is 2. The molecule has 2 aromatic rings. The molecular weight excluding hydrogens is 340 g/mol. The summed E-state index contributed by atoms with van der Waals surface area (Å²) in [5.41, 5.74) is 1.86. The van der Waals surface area contributed by atoms with E-state index in [-0.39, 0.29) is 18.4 Å². The Hall–Kier alpha value is -2.25. The van der Waals surface area contributed by atoms with Crippen LogP contribution in [0.3, 0.4) is 0 Å². The van der Waals surface area contributed by atoms with Crippen LogP contribution < -0.4 is 0 Å². The fourth-order valence-electron chi connectivity index (χ4n) is 3.02. The van der Waals surface area contributed by atoms with Gasteiger partial charge in [0.25, 0.3) is 0 Å². The van der Waals surface area contributed by atoms with Crippen molar-refractivity contribution in [3.63, 3.8) is 0 Å². The normalized spacial score (nSPS) is 20.0. The van der Waals surface area contributed by atoms with Crippen molar-refractivity contribution in [2.45, 2.75) is 31.4 Å². The molecule has 25 heavy (non-hydrogen) atoms. The van der Waals surface area contributed by atoms with Crippen molar-refractivity contribution >= 4 is 23.2 Å². The van der Waals surface area contributed by atoms with Gasteiger partial charge in [0.05, 0.1) is 23.2 Å². The molecule has 6 nitrogen and oxygen atoms in total. The molecule has 1 N–H and O–H groups in total. The lowest BCUT2D eigenvalue weighted by atomic mass is 10.2. The van der Waals surface area contributed by atoms with Gasteiger partial charge in [-0.15, -0.1) is 11.3 Å². The summed E-state index contributed by atoms with van der Waals surface area (Å²) >= 11 is 1.52. The van der Waals surface area contributed by atoms with Crippen LogP contribution in [0.25, 0.3) is 0 Å². The Balaban J connectivity index is 1.64. The second-order valence-electron chi connectivity index (χ2n) is 6.07. The highest BCUT2D eigenvalue weighted by molar-refractivity contribution is 7.09. The third-order valence-corrected chi connectivity index (χ3v) is 5.23. The summed E-state index contributed by atoms with van der Waals surface area (Å²) in [6.45, 7) is 0.313. The standard InChI is InChI=1S/C18H20N2O4S/c1-24-14-9-15(18(22)23)20(10-14)17(21)8-13-11-25-16(19-13)7-12-5-3-2-4-6-12/h2-6,11,14-15H,7-10H2,1H3,(H,22,23). The molecule has 1 aromatic heterocycles. The average molecular weight is 360 g/mol. The number of carboxylic acids is 1. The molecule has 0 spiro atoms. The van der Waals surface area contributed by atoms with E-state index in [9.17, 15) is 14.7 Å². The van der Waals surface area contributed by atoms with Crippen LogP contribution in [0.15, 0.2) is 35.7 Å². The van der Waals surface area contributed by atoms with Crippen LogP contribution in [-0.2, 0) is 27.2 Å². The molecule has 2 heterocycles. The highest BCUT2D eigenvalue weighted by Gasteiger charge is 2.39. The molecule has 1 aromatic carbocycles. The quantitative estimate of drug-likeness (QED) is 0.852. The Morgan fingerprint density at radius 1 is 1.36 bits per heavy atom. The van der Waals surface area contributed by atoms with Crippen molar-refractivity contribution < 1.29 is 19.4 Å². The number of likely N-dealkylation sites (tertiary alicyclic amines) is 1. The Labute approximate surface area is 150 Å². The molecule has 0 saturated carbocycles. The minimum atomic E-state index is -0.990. The van der Waals surface area contributed by atoms with Crippen molar-refractivity contribution in [2.24, 2.45) is 0 Å². The molecule has 1 aliphatic rings. The number of hydrogen-bond donors (Lipinski definition) is 1. The van der Waals surface area contributed by atoms with Crippen LogP contribution in [0, 0.1) is 0 Å². The summed E-state index contributed by atoms with van der Waals surface area (Å²) < 4.78 is 5.22. The van der Waals surface area contributed by atoms with E-state index in [1.807, 2.05) is 35.7 Å². The van der Waals surface area contributed by atoms with Gasteiger partial charge in [-0.25, -0.2) is 9.78 Å². The van der Waals surface area contributed by atoms with Crippen LogP contribution in [0.4, 0.5) is 0 Å². The lowest BCUT2D eigenvalue weighted by molar-refractivity contribution is -0.148. The van der Waals surface area contributed by atoms with Gasteiger partial charge < -0.3 is 14.7 Å². The summed E-state index contributed by atoms with van der Waals surface area (Å²) in [6, 6.07) is 9.20. The first-order valence-corrected chi connectivity index (χ1v) is 8.97. The molecule has 0 bridgehead atoms. The number of carboxylic acid groups (broad SMARTS) is 1. The van der Waals surface area contributed by atoms with E-state index in [0.29, 0.717) is 18.7 Å². The topological polar surface area (TPSA) is 79.7 Å². The number of nitrogens with zero attached hydrogens (tertiary/aromatic N) is 2. The van der Waals surface area contributed by atoms with Crippen molar-refractivity contribution in [2.75, 3.05) is 13.7 Å². The minimum Gasteiger partial charge on any atom is -0.480 e. The summed E-state index contributed by atoms with van der Waals surface area (Å²) in [4.78, 5) is 29.8. The first-order chi connectivity index (χ1) is 12.1. The van der Waals surface area contributed by atoms with Gasteiger partial charge in [0, 0.05) is 31.9 Å². The van der Waals surface area contributed by atoms with Crippen LogP contribution >= 0.6 is 11.3 Å². The summed E-state index contributed by atoms with van der Waals surface area (Å²) in [7, 11) is 1.54. The van der Waals surface area contributed by atoms with Crippen LogP contribution in [0.1, 0.15) is 22.7 Å². The van der Waals surface area contributed by atoms with E-state index in [2.05, 4.69) is 4.98 Å². The van der Waals surface area contributed by atoms with E-state index in [1.54, 1.807) is 0 Å². The lowest BCUT2D eigenvalue weighted by Gasteiger charge is -2.20. The molecule has 1 aliphatic heterocycles. The number of methoxy groups -OCH3 is 1. The molecule has 3 rings (SSSR count). The van der Waals surface area contributed by atoms with Gasteiger partial charge in [0.2, 0.25) is 5.91 Å². The maximum Gasteiger partial charge on any atom is 0.326 e. The number of aromatic nitrogens is 1. The van der Waals surface area contributed by atoms with Gasteiger partial charge in [-0.05, 0) is 5.56 Å². The van der Waals surface area contributed by atoms with Gasteiger partial charge in [-0.3, -0.25) is 4.79 Å². The molecule has 0 aliphatic carbocycles. The van der Waals surface area contributed by atoms with Crippen molar-refractivity contribution in [3.8, 4) is 0 Å². The highest BCUT2D eigenvalue weighted by Crippen LogP contribution is 2.22. The zero-order chi connectivity index (χ0) is 17.8. The predicted octanol–water partition coefficient (Wildman–Crippen LogP) is 1.98. The van der Waals surface area contributed by atoms with Crippen molar-refractivity contribution in [3.05, 3.63) is 52.0 Å². The third-order valence-electron chi connectivity index (χ3n) is 4.33. The van der Waals surface area contributed by atoms with E-state index in [0.717, 1.165) is 11.4 Å². The first kappa shape index (κ1) is 17.6. The predicted molar refractivity (Wildman–Crippen MR) is 93.6 cm³/mol. The lowest BCUT2D eigenvalue weighted by Crippen LogP contribution is -2.41. The summed E-state index contributed by atoms with van der Waals surface area (Å²) in [6.07, 6.45) is 0.945. The molecule has 0 radical (unpaired) electrons. The van der Waals surface area contributed by atoms with E-state index < -0.39 is 12.0 Å². The number of amides is 1. The van der Waals surface area contributed by atoms with Gasteiger partial charge in [0.1, 0.15) is 6.04 Å². The second kappa shape index (κ2) is 7.76. The van der Waals surface area contributed by atoms with Gasteiger partial charge in [-0.2, -0.15) is 0 Å². The van der Waals surface area contributed by atoms with Crippen LogP contribution in [0.2, 0.25) is 0 Å². The Bertz CT molecular complexity index is 747. The molecule has 1 fully saturated rings. The first-order valence-electron chi connectivity index (χ1n) is 8.09. The average Bonchev–Trinajstić information content (AvgIpc) is 3.22. The van der Waals surface area contributed by atoms with Crippen molar-refractivity contribution in [1.29, 1.82) is 0 Å². The number of carbonyl (C=O) groups excluding carboxylic acids is 1. The minimum absolute atomic E-state index is 0.117. The number of rotatable bonds is 6. The van der Waals surface area contributed by atoms with E-state index in [1.165, 1.54) is 28.9 Å². The molecule has 132 valence electrons. The molecule has 1 amide bonds. The largest absolute Gasteiger partial charge is 0.480 e. The number of aliphatic carboxylic acids is 1. The van der Waals surface area contributed by atoms with Crippen molar-refractivity contribution in [1.82, 2.24) is 9.88 Å². The van der Waals surface area contributed by atoms with Crippen LogP contribution in [0.5, 0.6) is 0 Å². The molecule has 2 atom stereocenters. The molecule has 2 unspecified atom stereocenters. The Morgan fingerprint density at radius 2 is 2.12 bits per heavy atom. The van der Waals surface area contributed by atoms with E-state index in [4.69, 9.17) is 4.74 Å². The highest BCUT2D eigenvalue weighted by atomic mass is 32.1. The number of benzene rings is 1. The molecule has 1 saturated heterocycles. The SMILES string of the molecule is COC1CC(C(=O)O)N(C(=O)Cc2csc(Cc3ccccc3)n2)C1. The smallest absolute Gasteiger partial charge is 0.326 e. The Morgan fingerprint density at radius 3 is 2.80 bits per heavy atom. The van der Waals surface area contributed by atoms with Crippen LogP contribution in [-0.4, -0.2) is 52.7 Å². The second-order valence-corrected chi connectivity index (χ2v) is 7.01. The number of ether oxygens (including phenoxy) is 1. The number of hydrogen-bond acceptors (Lipinski definition) is 5. The van der Waals surface area contributed by atoms with Gasteiger partial charge in [0.15, 0.2) is 0 Å². The molecular formula is C18H20N2O4S. The summed E-state index contributed by atoms with van der Waals surface area (Å²) in [5, 5.41) is 12.1. The fraction of sp³-hybridized carbons (Fsp3) is 0.389. The van der Waals surface area contributed by atoms with Gasteiger partial charge in [-0.1, -0.05) is 30.3 Å². The maximum absolute atomic E-state index is 12.5. The number of thiazole rings is 1. The Kier molecular flexibility index (Phi) is 5.45. The molecule has 7 heteroatoms. The zero-order valence-electron chi connectivity index (χ0n) is 13.9. The zero-order valence-corrected chi connectivity index (χ0v) is 14.7. The maximum atomic E-state index is 12.5. The van der Waals surface area contributed by atoms with E-state index >= 15 is 0 Å².